The van der Waals surface area contributed by atoms with Crippen LogP contribution in [0.5, 0.6) is 0 Å². The van der Waals surface area contributed by atoms with Crippen LogP contribution < -0.4 is 4.90 Å². The maximum absolute atomic E-state index is 13.2. The lowest BCUT2D eigenvalue weighted by Gasteiger charge is -2.17. The second-order valence-corrected chi connectivity index (χ2v) is 6.10. The van der Waals surface area contributed by atoms with Crippen LogP contribution in [-0.2, 0) is 4.79 Å². The molecule has 0 bridgehead atoms. The molecule has 4 nitrogen and oxygen atoms in total. The zero-order chi connectivity index (χ0) is 15.0. The fourth-order valence-electron chi connectivity index (χ4n) is 2.54. The van der Waals surface area contributed by atoms with Gasteiger partial charge >= 0.3 is 0 Å². The van der Waals surface area contributed by atoms with Crippen LogP contribution >= 0.6 is 0 Å². The smallest absolute Gasteiger partial charge is 0.232 e. The van der Waals surface area contributed by atoms with Gasteiger partial charge in [-0.1, -0.05) is 26.0 Å². The number of hydrogen-bond donors (Lipinski definition) is 0. The maximum atomic E-state index is 13.2. The number of hydrogen-bond acceptors (Lipinski definition) is 3. The molecule has 1 aromatic heterocycles. The van der Waals surface area contributed by atoms with Crippen molar-refractivity contribution < 1.29 is 9.18 Å². The molecule has 2 aromatic rings. The van der Waals surface area contributed by atoms with Crippen LogP contribution in [0.3, 0.4) is 0 Å². The van der Waals surface area contributed by atoms with Gasteiger partial charge in [0.25, 0.3) is 0 Å². The van der Waals surface area contributed by atoms with Gasteiger partial charge in [-0.15, -0.1) is 0 Å². The molecule has 2 heterocycles. The van der Waals surface area contributed by atoms with Gasteiger partial charge in [0.15, 0.2) is 0 Å². The molecule has 0 spiro atoms. The lowest BCUT2D eigenvalue weighted by molar-refractivity contribution is -0.117. The van der Waals surface area contributed by atoms with Crippen molar-refractivity contribution in [3.63, 3.8) is 0 Å². The molecule has 1 aliphatic rings. The number of aromatic nitrogens is 2. The number of carbonyl (C=O) groups is 1. The van der Waals surface area contributed by atoms with E-state index in [4.69, 9.17) is 0 Å². The zero-order valence-electron chi connectivity index (χ0n) is 12.0. The summed E-state index contributed by atoms with van der Waals surface area (Å²) in [6.45, 7) is 4.71. The molecule has 1 saturated heterocycles. The fraction of sp³-hybridized carbons (Fsp3) is 0.312. The van der Waals surface area contributed by atoms with Gasteiger partial charge in [-0.05, 0) is 23.1 Å². The number of benzene rings is 1. The average molecular weight is 285 g/mol. The number of rotatable bonds is 2. The summed E-state index contributed by atoms with van der Waals surface area (Å²) < 4.78 is 13.2. The Hall–Kier alpha value is -2.30. The molecular weight excluding hydrogens is 269 g/mol. The first-order valence-electron chi connectivity index (χ1n) is 6.83. The molecule has 0 N–H and O–H groups in total. The van der Waals surface area contributed by atoms with Gasteiger partial charge in [0, 0.05) is 30.9 Å². The van der Waals surface area contributed by atoms with E-state index in [1.165, 1.54) is 12.1 Å². The van der Waals surface area contributed by atoms with Crippen LogP contribution in [0.4, 0.5) is 10.3 Å². The number of amides is 1. The van der Waals surface area contributed by atoms with Gasteiger partial charge in [-0.3, -0.25) is 9.69 Å². The van der Waals surface area contributed by atoms with E-state index in [-0.39, 0.29) is 17.1 Å². The molecule has 0 atom stereocenters. The molecule has 0 radical (unpaired) electrons. The highest BCUT2D eigenvalue weighted by Gasteiger charge is 2.37. The van der Waals surface area contributed by atoms with Crippen LogP contribution in [0.2, 0.25) is 0 Å². The van der Waals surface area contributed by atoms with Crippen molar-refractivity contribution in [2.24, 2.45) is 5.41 Å². The second kappa shape index (κ2) is 4.91. The highest BCUT2D eigenvalue weighted by atomic mass is 19.1. The molecule has 3 rings (SSSR count). The highest BCUT2D eigenvalue weighted by Crippen LogP contribution is 2.32. The van der Waals surface area contributed by atoms with Gasteiger partial charge in [0.2, 0.25) is 11.9 Å². The van der Waals surface area contributed by atoms with Crippen LogP contribution in [0.15, 0.2) is 36.7 Å². The predicted octanol–water partition coefficient (Wildman–Crippen LogP) is 3.05. The lowest BCUT2D eigenvalue weighted by atomic mass is 9.93. The number of nitrogens with zero attached hydrogens (tertiary/aromatic N) is 3. The van der Waals surface area contributed by atoms with Gasteiger partial charge in [-0.2, -0.15) is 0 Å². The summed E-state index contributed by atoms with van der Waals surface area (Å²) in [5.41, 5.74) is 1.39. The van der Waals surface area contributed by atoms with E-state index in [1.54, 1.807) is 29.4 Å². The molecule has 1 aliphatic heterocycles. The third-order valence-electron chi connectivity index (χ3n) is 3.55. The first kappa shape index (κ1) is 13.7. The van der Waals surface area contributed by atoms with Gasteiger partial charge in [0.05, 0.1) is 0 Å². The monoisotopic (exact) mass is 285 g/mol. The lowest BCUT2D eigenvalue weighted by Crippen LogP contribution is -2.27. The summed E-state index contributed by atoms with van der Waals surface area (Å²) in [4.78, 5) is 22.1. The molecule has 21 heavy (non-hydrogen) atoms. The molecular formula is C16H16FN3O. The normalized spacial score (nSPS) is 17.3. The molecule has 0 saturated carbocycles. The summed E-state index contributed by atoms with van der Waals surface area (Å²) in [6, 6.07) is 6.27. The molecule has 1 fully saturated rings. The Labute approximate surface area is 122 Å². The van der Waals surface area contributed by atoms with E-state index < -0.39 is 0 Å². The Morgan fingerprint density at radius 2 is 1.90 bits per heavy atom. The topological polar surface area (TPSA) is 46.1 Å². The van der Waals surface area contributed by atoms with Gasteiger partial charge in [0.1, 0.15) is 5.82 Å². The van der Waals surface area contributed by atoms with Crippen LogP contribution in [0.25, 0.3) is 11.1 Å². The molecule has 0 aliphatic carbocycles. The van der Waals surface area contributed by atoms with Crippen molar-refractivity contribution >= 4 is 11.9 Å². The summed E-state index contributed by atoms with van der Waals surface area (Å²) in [7, 11) is 0. The van der Waals surface area contributed by atoms with Crippen molar-refractivity contribution in [3.8, 4) is 11.1 Å². The zero-order valence-corrected chi connectivity index (χ0v) is 12.0. The first-order chi connectivity index (χ1) is 9.94. The van der Waals surface area contributed by atoms with E-state index in [1.807, 2.05) is 13.8 Å². The Bertz CT molecular complexity index is 682. The summed E-state index contributed by atoms with van der Waals surface area (Å²) in [5, 5.41) is 0. The van der Waals surface area contributed by atoms with Crippen LogP contribution in [0, 0.1) is 11.2 Å². The van der Waals surface area contributed by atoms with E-state index in [2.05, 4.69) is 9.97 Å². The SMILES string of the molecule is CC1(C)CC(=O)N(c2ncc(-c3cccc(F)c3)cn2)C1. The Morgan fingerprint density at radius 3 is 2.48 bits per heavy atom. The second-order valence-electron chi connectivity index (χ2n) is 6.10. The Kier molecular flexibility index (Phi) is 3.20. The summed E-state index contributed by atoms with van der Waals surface area (Å²) in [5.74, 6) is 0.150. The third-order valence-corrected chi connectivity index (χ3v) is 3.55. The van der Waals surface area contributed by atoms with Crippen LogP contribution in [-0.4, -0.2) is 22.4 Å². The average Bonchev–Trinajstić information content (AvgIpc) is 2.72. The molecule has 0 unspecified atom stereocenters. The number of anilines is 1. The third kappa shape index (κ3) is 2.77. The fourth-order valence-corrected chi connectivity index (χ4v) is 2.54. The minimum absolute atomic E-state index is 0.0403. The van der Waals surface area contributed by atoms with Crippen molar-refractivity contribution in [1.29, 1.82) is 0 Å². The minimum Gasteiger partial charge on any atom is -0.280 e. The standard InChI is InChI=1S/C16H16FN3O/c1-16(2)7-14(21)20(10-16)15-18-8-12(9-19-15)11-4-3-5-13(17)6-11/h3-6,8-9H,7,10H2,1-2H3. The molecule has 5 heteroatoms. The van der Waals surface area contributed by atoms with Crippen molar-refractivity contribution in [2.75, 3.05) is 11.4 Å². The number of halogens is 1. The quantitative estimate of drug-likeness (QED) is 0.852. The molecule has 1 aromatic carbocycles. The van der Waals surface area contributed by atoms with E-state index >= 15 is 0 Å². The summed E-state index contributed by atoms with van der Waals surface area (Å²) >= 11 is 0. The van der Waals surface area contributed by atoms with Crippen molar-refractivity contribution in [1.82, 2.24) is 9.97 Å². The predicted molar refractivity (Wildman–Crippen MR) is 78.2 cm³/mol. The van der Waals surface area contributed by atoms with Crippen molar-refractivity contribution in [3.05, 3.63) is 42.5 Å². The van der Waals surface area contributed by atoms with E-state index in [0.29, 0.717) is 18.9 Å². The van der Waals surface area contributed by atoms with E-state index in [9.17, 15) is 9.18 Å². The van der Waals surface area contributed by atoms with Gasteiger partial charge in [-0.25, -0.2) is 14.4 Å². The largest absolute Gasteiger partial charge is 0.280 e. The Balaban J connectivity index is 1.87. The Morgan fingerprint density at radius 1 is 1.19 bits per heavy atom. The highest BCUT2D eigenvalue weighted by molar-refractivity contribution is 5.94. The first-order valence-corrected chi connectivity index (χ1v) is 6.83. The van der Waals surface area contributed by atoms with E-state index in [0.717, 1.165) is 11.1 Å². The maximum Gasteiger partial charge on any atom is 0.232 e. The van der Waals surface area contributed by atoms with Gasteiger partial charge < -0.3 is 0 Å². The van der Waals surface area contributed by atoms with Crippen LogP contribution in [0.1, 0.15) is 20.3 Å². The summed E-state index contributed by atoms with van der Waals surface area (Å²) in [6.07, 6.45) is 3.74. The molecule has 108 valence electrons. The molecule has 1 amide bonds. The number of carbonyl (C=O) groups excluding carboxylic acids is 1. The minimum atomic E-state index is -0.298. The van der Waals surface area contributed by atoms with Crippen molar-refractivity contribution in [2.45, 2.75) is 20.3 Å².